The molecule has 1 aromatic carbocycles. The molecular formula is C18H26N2O5. The number of hydrogen-bond donors (Lipinski definition) is 2. The van der Waals surface area contributed by atoms with Gasteiger partial charge >= 0.3 is 12.0 Å². The molecule has 0 heterocycles. The van der Waals surface area contributed by atoms with Crippen LogP contribution in [0, 0.1) is 5.92 Å². The van der Waals surface area contributed by atoms with Crippen LogP contribution in [0.3, 0.4) is 0 Å². The molecule has 0 aliphatic heterocycles. The van der Waals surface area contributed by atoms with Gasteiger partial charge in [-0.2, -0.15) is 0 Å². The highest BCUT2D eigenvalue weighted by molar-refractivity contribution is 5.97. The Morgan fingerprint density at radius 3 is 2.40 bits per heavy atom. The van der Waals surface area contributed by atoms with Crippen LogP contribution in [0.2, 0.25) is 0 Å². The van der Waals surface area contributed by atoms with Gasteiger partial charge in [-0.05, 0) is 43.0 Å². The van der Waals surface area contributed by atoms with Crippen molar-refractivity contribution < 1.29 is 23.9 Å². The van der Waals surface area contributed by atoms with Crippen molar-refractivity contribution in [2.24, 2.45) is 5.92 Å². The van der Waals surface area contributed by atoms with E-state index in [-0.39, 0.29) is 0 Å². The Morgan fingerprint density at radius 1 is 1.12 bits per heavy atom. The van der Waals surface area contributed by atoms with E-state index >= 15 is 0 Å². The number of urea groups is 1. The zero-order chi connectivity index (χ0) is 18.7. The molecule has 0 saturated carbocycles. The molecule has 1 aromatic rings. The van der Waals surface area contributed by atoms with Gasteiger partial charge in [0, 0.05) is 6.54 Å². The minimum absolute atomic E-state index is 0.304. The van der Waals surface area contributed by atoms with Crippen molar-refractivity contribution in [3.05, 3.63) is 29.8 Å². The van der Waals surface area contributed by atoms with Gasteiger partial charge in [-0.25, -0.2) is 9.59 Å². The van der Waals surface area contributed by atoms with Gasteiger partial charge in [0.05, 0.1) is 12.2 Å². The van der Waals surface area contributed by atoms with Crippen LogP contribution in [-0.4, -0.2) is 37.7 Å². The summed E-state index contributed by atoms with van der Waals surface area (Å²) in [5.74, 6) is -0.208. The summed E-state index contributed by atoms with van der Waals surface area (Å²) in [5.41, 5.74) is 0.304. The molecule has 2 N–H and O–H groups in total. The van der Waals surface area contributed by atoms with Gasteiger partial charge in [0.1, 0.15) is 5.75 Å². The molecule has 25 heavy (non-hydrogen) atoms. The van der Waals surface area contributed by atoms with Crippen LogP contribution in [0.1, 0.15) is 44.0 Å². The molecule has 0 aliphatic carbocycles. The summed E-state index contributed by atoms with van der Waals surface area (Å²) in [7, 11) is 0. The first kappa shape index (κ1) is 20.5. The van der Waals surface area contributed by atoms with Crippen molar-refractivity contribution in [3.8, 4) is 5.75 Å². The van der Waals surface area contributed by atoms with Crippen LogP contribution in [0.25, 0.3) is 0 Å². The molecule has 0 saturated heterocycles. The number of carbonyl (C=O) groups excluding carboxylic acids is 3. The molecule has 0 fully saturated rings. The fraction of sp³-hybridized carbons (Fsp3) is 0.500. The smallest absolute Gasteiger partial charge is 0.338 e. The molecular weight excluding hydrogens is 324 g/mol. The molecule has 0 aliphatic rings. The number of benzene rings is 1. The van der Waals surface area contributed by atoms with Crippen molar-refractivity contribution in [1.29, 1.82) is 0 Å². The summed E-state index contributed by atoms with van der Waals surface area (Å²) in [6.45, 7) is 6.62. The lowest BCUT2D eigenvalue weighted by molar-refractivity contribution is -0.123. The van der Waals surface area contributed by atoms with Gasteiger partial charge < -0.3 is 14.8 Å². The van der Waals surface area contributed by atoms with E-state index in [1.807, 2.05) is 20.8 Å². The van der Waals surface area contributed by atoms with Gasteiger partial charge in [-0.15, -0.1) is 0 Å². The minimum atomic E-state index is -0.682. The average Bonchev–Trinajstić information content (AvgIpc) is 2.58. The van der Waals surface area contributed by atoms with E-state index in [0.29, 0.717) is 30.4 Å². The molecule has 1 rings (SSSR count). The summed E-state index contributed by atoms with van der Waals surface area (Å²) in [4.78, 5) is 34.9. The Kier molecular flexibility index (Phi) is 9.06. The van der Waals surface area contributed by atoms with E-state index in [1.54, 1.807) is 24.3 Å². The molecule has 7 heteroatoms. The highest BCUT2D eigenvalue weighted by Gasteiger charge is 2.12. The third-order valence-corrected chi connectivity index (χ3v) is 3.16. The lowest BCUT2D eigenvalue weighted by atomic mass is 10.1. The molecule has 0 aromatic heterocycles. The second kappa shape index (κ2) is 11.1. The standard InChI is InChI=1S/C18H26N2O5/c1-4-11-24-15-7-5-14(6-8-15)17(22)25-12-16(21)20-18(23)19-10-9-13(2)3/h5-8,13H,4,9-12H2,1-3H3,(H2,19,20,21,23). The van der Waals surface area contributed by atoms with E-state index in [2.05, 4.69) is 10.6 Å². The van der Waals surface area contributed by atoms with E-state index < -0.39 is 24.5 Å². The van der Waals surface area contributed by atoms with E-state index in [1.165, 1.54) is 0 Å². The highest BCUT2D eigenvalue weighted by Crippen LogP contribution is 2.13. The van der Waals surface area contributed by atoms with Crippen LogP contribution in [-0.2, 0) is 9.53 Å². The van der Waals surface area contributed by atoms with Crippen LogP contribution >= 0.6 is 0 Å². The first-order valence-corrected chi connectivity index (χ1v) is 8.40. The molecule has 0 spiro atoms. The topological polar surface area (TPSA) is 93.7 Å². The van der Waals surface area contributed by atoms with E-state index in [4.69, 9.17) is 9.47 Å². The molecule has 7 nitrogen and oxygen atoms in total. The molecule has 138 valence electrons. The lowest BCUT2D eigenvalue weighted by Gasteiger charge is -2.09. The largest absolute Gasteiger partial charge is 0.494 e. The number of imide groups is 1. The predicted molar refractivity (Wildman–Crippen MR) is 93.5 cm³/mol. The second-order valence-corrected chi connectivity index (χ2v) is 5.94. The number of amides is 3. The van der Waals surface area contributed by atoms with Gasteiger partial charge in [0.15, 0.2) is 6.61 Å². The normalized spacial score (nSPS) is 10.2. The van der Waals surface area contributed by atoms with Crippen molar-refractivity contribution in [2.45, 2.75) is 33.6 Å². The zero-order valence-electron chi connectivity index (χ0n) is 15.0. The van der Waals surface area contributed by atoms with Crippen molar-refractivity contribution in [3.63, 3.8) is 0 Å². The Bertz CT molecular complexity index is 569. The number of nitrogens with one attached hydrogen (secondary N) is 2. The zero-order valence-corrected chi connectivity index (χ0v) is 15.0. The van der Waals surface area contributed by atoms with Crippen LogP contribution in [0.5, 0.6) is 5.75 Å². The fourth-order valence-corrected chi connectivity index (χ4v) is 1.80. The molecule has 3 amide bonds. The summed E-state index contributed by atoms with van der Waals surface area (Å²) in [5, 5.41) is 4.67. The van der Waals surface area contributed by atoms with Gasteiger partial charge in [0.25, 0.3) is 5.91 Å². The number of hydrogen-bond acceptors (Lipinski definition) is 5. The van der Waals surface area contributed by atoms with Gasteiger partial charge in [-0.3, -0.25) is 10.1 Å². The van der Waals surface area contributed by atoms with Crippen molar-refractivity contribution >= 4 is 17.9 Å². The summed E-state index contributed by atoms with van der Waals surface area (Å²) in [6, 6.07) is 5.84. The number of esters is 1. The molecule has 0 unspecified atom stereocenters. The maximum atomic E-state index is 11.9. The van der Waals surface area contributed by atoms with Crippen LogP contribution in [0.4, 0.5) is 4.79 Å². The quantitative estimate of drug-likeness (QED) is 0.668. The Labute approximate surface area is 148 Å². The average molecular weight is 350 g/mol. The second-order valence-electron chi connectivity index (χ2n) is 5.94. The maximum absolute atomic E-state index is 11.9. The Balaban J connectivity index is 2.32. The SMILES string of the molecule is CCCOc1ccc(C(=O)OCC(=O)NC(=O)NCCC(C)C)cc1. The highest BCUT2D eigenvalue weighted by atomic mass is 16.5. The number of rotatable bonds is 9. The number of ether oxygens (including phenoxy) is 2. The first-order chi connectivity index (χ1) is 11.9. The first-order valence-electron chi connectivity index (χ1n) is 8.40. The summed E-state index contributed by atoms with van der Waals surface area (Å²) < 4.78 is 10.3. The minimum Gasteiger partial charge on any atom is -0.494 e. The van der Waals surface area contributed by atoms with Crippen LogP contribution < -0.4 is 15.4 Å². The number of carbonyl (C=O) groups is 3. The Morgan fingerprint density at radius 2 is 1.80 bits per heavy atom. The third-order valence-electron chi connectivity index (χ3n) is 3.16. The van der Waals surface area contributed by atoms with Gasteiger partial charge in [-0.1, -0.05) is 20.8 Å². The van der Waals surface area contributed by atoms with E-state index in [0.717, 1.165) is 12.8 Å². The van der Waals surface area contributed by atoms with Crippen molar-refractivity contribution in [1.82, 2.24) is 10.6 Å². The predicted octanol–water partition coefficient (Wildman–Crippen LogP) is 2.50. The van der Waals surface area contributed by atoms with E-state index in [9.17, 15) is 14.4 Å². The Hall–Kier alpha value is -2.57. The van der Waals surface area contributed by atoms with Gasteiger partial charge in [0.2, 0.25) is 0 Å². The summed E-state index contributed by atoms with van der Waals surface area (Å²) in [6.07, 6.45) is 1.71. The fourth-order valence-electron chi connectivity index (χ4n) is 1.80. The molecule has 0 radical (unpaired) electrons. The summed E-state index contributed by atoms with van der Waals surface area (Å²) >= 11 is 0. The third kappa shape index (κ3) is 8.74. The monoisotopic (exact) mass is 350 g/mol. The molecule has 0 atom stereocenters. The maximum Gasteiger partial charge on any atom is 0.338 e. The molecule has 0 bridgehead atoms. The van der Waals surface area contributed by atoms with Crippen molar-refractivity contribution in [2.75, 3.05) is 19.8 Å². The lowest BCUT2D eigenvalue weighted by Crippen LogP contribution is -2.41. The van der Waals surface area contributed by atoms with Crippen LogP contribution in [0.15, 0.2) is 24.3 Å².